The Kier molecular flexibility index (Phi) is 4.60. The van der Waals surface area contributed by atoms with Crippen molar-refractivity contribution in [1.82, 2.24) is 9.55 Å². The molecule has 5 nitrogen and oxygen atoms in total. The Labute approximate surface area is 138 Å². The van der Waals surface area contributed by atoms with Crippen molar-refractivity contribution in [1.29, 1.82) is 0 Å². The van der Waals surface area contributed by atoms with E-state index in [0.29, 0.717) is 22.5 Å². The van der Waals surface area contributed by atoms with Gasteiger partial charge >= 0.3 is 0 Å². The van der Waals surface area contributed by atoms with Crippen LogP contribution in [0.2, 0.25) is 5.02 Å². The van der Waals surface area contributed by atoms with Gasteiger partial charge in [0, 0.05) is 17.3 Å². The Morgan fingerprint density at radius 3 is 2.70 bits per heavy atom. The van der Waals surface area contributed by atoms with E-state index in [1.165, 1.54) is 10.9 Å². The highest BCUT2D eigenvalue weighted by Gasteiger charge is 2.09. The minimum atomic E-state index is -0.716. The second-order valence-corrected chi connectivity index (χ2v) is 5.70. The second kappa shape index (κ2) is 6.81. The minimum Gasteiger partial charge on any atom is -0.389 e. The smallest absolute Gasteiger partial charge is 0.261 e. The third-order valence-electron chi connectivity index (χ3n) is 3.53. The molecule has 2 N–H and O–H groups in total. The van der Waals surface area contributed by atoms with E-state index in [9.17, 15) is 9.90 Å². The van der Waals surface area contributed by atoms with Gasteiger partial charge in [0.15, 0.2) is 0 Å². The van der Waals surface area contributed by atoms with Crippen LogP contribution in [-0.2, 0) is 6.54 Å². The van der Waals surface area contributed by atoms with Gasteiger partial charge in [0.1, 0.15) is 0 Å². The Morgan fingerprint density at radius 1 is 1.17 bits per heavy atom. The SMILES string of the molecule is O=c1c2ccccc2ncn1CC(O)CNc1ccc(Cl)cc1. The largest absolute Gasteiger partial charge is 0.389 e. The van der Waals surface area contributed by atoms with E-state index in [1.807, 2.05) is 18.2 Å². The van der Waals surface area contributed by atoms with E-state index in [0.717, 1.165) is 5.69 Å². The average Bonchev–Trinajstić information content (AvgIpc) is 2.57. The number of para-hydroxylation sites is 1. The highest BCUT2D eigenvalue weighted by Crippen LogP contribution is 2.13. The van der Waals surface area contributed by atoms with Gasteiger partial charge in [-0.1, -0.05) is 23.7 Å². The van der Waals surface area contributed by atoms with Crippen molar-refractivity contribution in [3.8, 4) is 0 Å². The van der Waals surface area contributed by atoms with Gasteiger partial charge in [-0.05, 0) is 36.4 Å². The molecule has 1 atom stereocenters. The summed E-state index contributed by atoms with van der Waals surface area (Å²) in [5, 5.41) is 14.4. The van der Waals surface area contributed by atoms with Crippen LogP contribution in [0.1, 0.15) is 0 Å². The predicted molar refractivity (Wildman–Crippen MR) is 92.0 cm³/mol. The average molecular weight is 330 g/mol. The van der Waals surface area contributed by atoms with Crippen LogP contribution >= 0.6 is 11.6 Å². The van der Waals surface area contributed by atoms with Crippen LogP contribution in [0.5, 0.6) is 0 Å². The van der Waals surface area contributed by atoms with Crippen LogP contribution in [-0.4, -0.2) is 27.3 Å². The van der Waals surface area contributed by atoms with Crippen LogP contribution in [0.4, 0.5) is 5.69 Å². The molecule has 2 aromatic carbocycles. The van der Waals surface area contributed by atoms with Crippen LogP contribution in [0.25, 0.3) is 10.9 Å². The van der Waals surface area contributed by atoms with E-state index in [1.54, 1.807) is 30.3 Å². The molecule has 0 saturated heterocycles. The van der Waals surface area contributed by atoms with Crippen LogP contribution in [0.3, 0.4) is 0 Å². The molecule has 0 amide bonds. The van der Waals surface area contributed by atoms with Gasteiger partial charge in [0.05, 0.1) is 29.9 Å². The molecule has 0 aliphatic rings. The van der Waals surface area contributed by atoms with Crippen molar-refractivity contribution in [2.24, 2.45) is 0 Å². The lowest BCUT2D eigenvalue weighted by Crippen LogP contribution is -2.31. The van der Waals surface area contributed by atoms with E-state index in [2.05, 4.69) is 10.3 Å². The minimum absolute atomic E-state index is 0.152. The molecule has 6 heteroatoms. The van der Waals surface area contributed by atoms with Crippen molar-refractivity contribution in [2.45, 2.75) is 12.6 Å². The number of halogens is 1. The Hall–Kier alpha value is -2.37. The normalized spacial score (nSPS) is 12.3. The molecule has 1 unspecified atom stereocenters. The van der Waals surface area contributed by atoms with Crippen LogP contribution < -0.4 is 10.9 Å². The van der Waals surface area contributed by atoms with Gasteiger partial charge in [0.2, 0.25) is 0 Å². The monoisotopic (exact) mass is 329 g/mol. The van der Waals surface area contributed by atoms with Crippen molar-refractivity contribution in [3.63, 3.8) is 0 Å². The lowest BCUT2D eigenvalue weighted by Gasteiger charge is -2.14. The quantitative estimate of drug-likeness (QED) is 0.755. The molecule has 3 aromatic rings. The fraction of sp³-hybridized carbons (Fsp3) is 0.176. The fourth-order valence-electron chi connectivity index (χ4n) is 2.33. The molecule has 0 saturated carbocycles. The topological polar surface area (TPSA) is 67.2 Å². The Morgan fingerprint density at radius 2 is 1.91 bits per heavy atom. The number of hydrogen-bond acceptors (Lipinski definition) is 4. The standard InChI is InChI=1S/C17H16ClN3O2/c18-12-5-7-13(8-6-12)19-9-14(22)10-21-11-20-16-4-2-1-3-15(16)17(21)23/h1-8,11,14,19,22H,9-10H2. The number of aliphatic hydroxyl groups excluding tert-OH is 1. The van der Waals surface area contributed by atoms with Crippen LogP contribution in [0.15, 0.2) is 59.7 Å². The molecule has 1 heterocycles. The predicted octanol–water partition coefficient (Wildman–Crippen LogP) is 2.52. The fourth-order valence-corrected chi connectivity index (χ4v) is 2.46. The van der Waals surface area contributed by atoms with E-state index >= 15 is 0 Å². The first-order valence-electron chi connectivity index (χ1n) is 7.25. The summed E-state index contributed by atoms with van der Waals surface area (Å²) in [7, 11) is 0. The lowest BCUT2D eigenvalue weighted by molar-refractivity contribution is 0.165. The summed E-state index contributed by atoms with van der Waals surface area (Å²) >= 11 is 5.82. The molecule has 0 radical (unpaired) electrons. The van der Waals surface area contributed by atoms with Gasteiger partial charge in [-0.25, -0.2) is 4.98 Å². The summed E-state index contributed by atoms with van der Waals surface area (Å²) in [5.74, 6) is 0. The third-order valence-corrected chi connectivity index (χ3v) is 3.78. The summed E-state index contributed by atoms with van der Waals surface area (Å²) in [4.78, 5) is 16.6. The van der Waals surface area contributed by atoms with Gasteiger partial charge < -0.3 is 10.4 Å². The Balaban J connectivity index is 1.68. The van der Waals surface area contributed by atoms with Gasteiger partial charge in [-0.15, -0.1) is 0 Å². The van der Waals surface area contributed by atoms with Crippen LogP contribution in [0, 0.1) is 0 Å². The molecule has 0 spiro atoms. The first kappa shape index (κ1) is 15.5. The number of nitrogens with zero attached hydrogens (tertiary/aromatic N) is 2. The van der Waals surface area contributed by atoms with Crippen molar-refractivity contribution < 1.29 is 5.11 Å². The number of rotatable bonds is 5. The molecule has 0 fully saturated rings. The number of nitrogens with one attached hydrogen (secondary N) is 1. The first-order valence-corrected chi connectivity index (χ1v) is 7.63. The number of aromatic nitrogens is 2. The zero-order valence-corrected chi connectivity index (χ0v) is 13.1. The number of aliphatic hydroxyl groups is 1. The summed E-state index contributed by atoms with van der Waals surface area (Å²) in [6.07, 6.45) is 0.752. The van der Waals surface area contributed by atoms with Gasteiger partial charge in [-0.3, -0.25) is 9.36 Å². The number of anilines is 1. The molecule has 1 aromatic heterocycles. The molecule has 3 rings (SSSR count). The van der Waals surface area contributed by atoms with Gasteiger partial charge in [0.25, 0.3) is 5.56 Å². The van der Waals surface area contributed by atoms with E-state index in [-0.39, 0.29) is 12.1 Å². The first-order chi connectivity index (χ1) is 11.1. The molecule has 0 aliphatic heterocycles. The maximum atomic E-state index is 12.4. The molecular formula is C17H16ClN3O2. The van der Waals surface area contributed by atoms with Crippen molar-refractivity contribution in [3.05, 3.63) is 70.2 Å². The van der Waals surface area contributed by atoms with E-state index < -0.39 is 6.10 Å². The zero-order chi connectivity index (χ0) is 16.2. The highest BCUT2D eigenvalue weighted by molar-refractivity contribution is 6.30. The molecule has 0 bridgehead atoms. The van der Waals surface area contributed by atoms with Gasteiger partial charge in [-0.2, -0.15) is 0 Å². The highest BCUT2D eigenvalue weighted by atomic mass is 35.5. The summed E-state index contributed by atoms with van der Waals surface area (Å²) < 4.78 is 1.43. The third kappa shape index (κ3) is 3.70. The molecule has 23 heavy (non-hydrogen) atoms. The number of hydrogen-bond donors (Lipinski definition) is 2. The summed E-state index contributed by atoms with van der Waals surface area (Å²) in [5.41, 5.74) is 1.36. The number of benzene rings is 2. The Bertz CT molecular complexity index is 862. The maximum Gasteiger partial charge on any atom is 0.261 e. The number of fused-ring (bicyclic) bond motifs is 1. The second-order valence-electron chi connectivity index (χ2n) is 5.26. The van der Waals surface area contributed by atoms with Crippen molar-refractivity contribution >= 4 is 28.2 Å². The maximum absolute atomic E-state index is 12.4. The molecular weight excluding hydrogens is 314 g/mol. The summed E-state index contributed by atoms with van der Waals surface area (Å²) in [6, 6.07) is 14.4. The van der Waals surface area contributed by atoms with E-state index in [4.69, 9.17) is 11.6 Å². The van der Waals surface area contributed by atoms with Crippen molar-refractivity contribution in [2.75, 3.05) is 11.9 Å². The lowest BCUT2D eigenvalue weighted by atomic mass is 10.2. The zero-order valence-electron chi connectivity index (χ0n) is 12.3. The molecule has 0 aliphatic carbocycles. The summed E-state index contributed by atoms with van der Waals surface area (Å²) in [6.45, 7) is 0.498. The molecule has 118 valence electrons.